The van der Waals surface area contributed by atoms with Crippen LogP contribution >= 0.6 is 15.9 Å². The van der Waals surface area contributed by atoms with Crippen LogP contribution in [0.25, 0.3) is 0 Å². The number of hydrogen-bond acceptors (Lipinski definition) is 5. The zero-order chi connectivity index (χ0) is 16.2. The number of anilines is 4. The summed E-state index contributed by atoms with van der Waals surface area (Å²) in [6.07, 6.45) is 6.37. The van der Waals surface area contributed by atoms with E-state index in [2.05, 4.69) is 43.0 Å². The van der Waals surface area contributed by atoms with Gasteiger partial charge in [0.05, 0.1) is 5.69 Å². The van der Waals surface area contributed by atoms with Crippen LogP contribution < -0.4 is 16.0 Å². The number of nitrogens with two attached hydrogens (primary N) is 1. The van der Waals surface area contributed by atoms with Crippen molar-refractivity contribution in [3.05, 3.63) is 35.1 Å². The molecular weight excluding hydrogens is 354 g/mol. The average molecular weight is 376 g/mol. The molecule has 0 aliphatic carbocycles. The molecule has 0 saturated carbocycles. The van der Waals surface area contributed by atoms with Crippen molar-refractivity contribution in [3.63, 3.8) is 0 Å². The highest BCUT2D eigenvalue weighted by molar-refractivity contribution is 9.10. The first-order chi connectivity index (χ1) is 11.2. The molecule has 1 saturated heterocycles. The molecule has 0 bridgehead atoms. The van der Waals surface area contributed by atoms with Crippen LogP contribution in [0.15, 0.2) is 35.1 Å². The molecule has 122 valence electrons. The number of hydrogen-bond donors (Lipinski definition) is 2. The normalized spacial score (nSPS) is 18.0. The van der Waals surface area contributed by atoms with E-state index in [4.69, 9.17) is 5.73 Å². The van der Waals surface area contributed by atoms with Gasteiger partial charge in [0.25, 0.3) is 0 Å². The lowest BCUT2D eigenvalue weighted by molar-refractivity contribution is 0.447. The van der Waals surface area contributed by atoms with Crippen molar-refractivity contribution in [2.24, 2.45) is 0 Å². The molecule has 1 atom stereocenters. The molecule has 1 aliphatic heterocycles. The fourth-order valence-electron chi connectivity index (χ4n) is 3.11. The molecule has 2 aromatic rings. The van der Waals surface area contributed by atoms with Gasteiger partial charge in [-0.3, -0.25) is 0 Å². The van der Waals surface area contributed by atoms with E-state index in [1.807, 2.05) is 24.3 Å². The number of halogens is 1. The third-order valence-electron chi connectivity index (χ3n) is 4.36. The fraction of sp³-hybridized carbons (Fsp3) is 0.412. The zero-order valence-electron chi connectivity index (χ0n) is 13.3. The molecule has 1 aromatic heterocycles. The highest BCUT2D eigenvalue weighted by Crippen LogP contribution is 2.34. The lowest BCUT2D eigenvalue weighted by Crippen LogP contribution is -2.40. The minimum atomic E-state index is 0.511. The van der Waals surface area contributed by atoms with Gasteiger partial charge in [0.2, 0.25) is 0 Å². The summed E-state index contributed by atoms with van der Waals surface area (Å²) in [7, 11) is 0. The SMILES string of the molecule is CCC1CCCCN1c1ncnc(Nc2ccccc2Br)c1N. The van der Waals surface area contributed by atoms with Gasteiger partial charge < -0.3 is 16.0 Å². The number of piperidine rings is 1. The van der Waals surface area contributed by atoms with Crippen molar-refractivity contribution >= 4 is 38.9 Å². The molecule has 0 spiro atoms. The molecule has 0 amide bonds. The molecule has 1 aromatic carbocycles. The van der Waals surface area contributed by atoms with Crippen molar-refractivity contribution in [2.45, 2.75) is 38.6 Å². The van der Waals surface area contributed by atoms with Gasteiger partial charge in [-0.15, -0.1) is 0 Å². The average Bonchev–Trinajstić information content (AvgIpc) is 2.58. The highest BCUT2D eigenvalue weighted by atomic mass is 79.9. The van der Waals surface area contributed by atoms with E-state index in [0.29, 0.717) is 17.5 Å². The molecule has 3 rings (SSSR count). The van der Waals surface area contributed by atoms with Crippen LogP contribution in [-0.2, 0) is 0 Å². The van der Waals surface area contributed by atoms with Gasteiger partial charge in [-0.2, -0.15) is 0 Å². The number of para-hydroxylation sites is 1. The van der Waals surface area contributed by atoms with E-state index >= 15 is 0 Å². The Morgan fingerprint density at radius 2 is 2.13 bits per heavy atom. The van der Waals surface area contributed by atoms with Gasteiger partial charge in [-0.1, -0.05) is 19.1 Å². The van der Waals surface area contributed by atoms with Gasteiger partial charge in [-0.05, 0) is 53.7 Å². The lowest BCUT2D eigenvalue weighted by atomic mass is 10.00. The number of nitrogens with zero attached hydrogens (tertiary/aromatic N) is 3. The summed E-state index contributed by atoms with van der Waals surface area (Å²) in [5.41, 5.74) is 7.94. The second-order valence-electron chi connectivity index (χ2n) is 5.82. The Labute approximate surface area is 145 Å². The van der Waals surface area contributed by atoms with Crippen LogP contribution in [0.2, 0.25) is 0 Å². The second-order valence-corrected chi connectivity index (χ2v) is 6.67. The first-order valence-corrected chi connectivity index (χ1v) is 8.88. The molecule has 3 N–H and O–H groups in total. The lowest BCUT2D eigenvalue weighted by Gasteiger charge is -2.36. The number of aromatic nitrogens is 2. The Morgan fingerprint density at radius 3 is 2.91 bits per heavy atom. The van der Waals surface area contributed by atoms with Crippen LogP contribution in [0.1, 0.15) is 32.6 Å². The van der Waals surface area contributed by atoms with Crippen LogP contribution in [-0.4, -0.2) is 22.6 Å². The Balaban J connectivity index is 1.90. The maximum absolute atomic E-state index is 6.38. The van der Waals surface area contributed by atoms with Crippen molar-refractivity contribution in [1.29, 1.82) is 0 Å². The molecule has 1 aliphatic rings. The molecule has 23 heavy (non-hydrogen) atoms. The van der Waals surface area contributed by atoms with Gasteiger partial charge >= 0.3 is 0 Å². The maximum atomic E-state index is 6.38. The predicted molar refractivity (Wildman–Crippen MR) is 99.1 cm³/mol. The van der Waals surface area contributed by atoms with E-state index in [0.717, 1.165) is 28.9 Å². The summed E-state index contributed by atoms with van der Waals surface area (Å²) in [4.78, 5) is 11.1. The minimum Gasteiger partial charge on any atom is -0.393 e. The van der Waals surface area contributed by atoms with Gasteiger partial charge in [0.1, 0.15) is 12.0 Å². The monoisotopic (exact) mass is 375 g/mol. The van der Waals surface area contributed by atoms with Crippen LogP contribution in [0.4, 0.5) is 23.0 Å². The quantitative estimate of drug-likeness (QED) is 0.831. The first kappa shape index (κ1) is 16.1. The molecular formula is C17H22BrN5. The Bertz CT molecular complexity index is 676. The van der Waals surface area contributed by atoms with E-state index in [1.165, 1.54) is 19.3 Å². The minimum absolute atomic E-state index is 0.511. The van der Waals surface area contributed by atoms with Gasteiger partial charge in [-0.25, -0.2) is 9.97 Å². The Hall–Kier alpha value is -1.82. The number of nitrogens with one attached hydrogen (secondary N) is 1. The maximum Gasteiger partial charge on any atom is 0.159 e. The third-order valence-corrected chi connectivity index (χ3v) is 5.05. The summed E-state index contributed by atoms with van der Waals surface area (Å²) in [6.45, 7) is 3.23. The number of benzene rings is 1. The Morgan fingerprint density at radius 1 is 1.30 bits per heavy atom. The van der Waals surface area contributed by atoms with Gasteiger partial charge in [0.15, 0.2) is 11.6 Å². The van der Waals surface area contributed by atoms with Crippen LogP contribution in [0.5, 0.6) is 0 Å². The van der Waals surface area contributed by atoms with Crippen molar-refractivity contribution in [3.8, 4) is 0 Å². The summed E-state index contributed by atoms with van der Waals surface area (Å²) < 4.78 is 0.976. The Kier molecular flexibility index (Phi) is 5.00. The molecule has 5 nitrogen and oxygen atoms in total. The third kappa shape index (κ3) is 3.42. The summed E-state index contributed by atoms with van der Waals surface area (Å²) >= 11 is 3.54. The van der Waals surface area contributed by atoms with E-state index in [-0.39, 0.29) is 0 Å². The molecule has 1 unspecified atom stereocenters. The van der Waals surface area contributed by atoms with Crippen molar-refractivity contribution < 1.29 is 0 Å². The fourth-order valence-corrected chi connectivity index (χ4v) is 3.49. The topological polar surface area (TPSA) is 67.1 Å². The van der Waals surface area contributed by atoms with E-state index in [9.17, 15) is 0 Å². The molecule has 6 heteroatoms. The largest absolute Gasteiger partial charge is 0.393 e. The van der Waals surface area contributed by atoms with Crippen LogP contribution in [0.3, 0.4) is 0 Å². The predicted octanol–water partition coefficient (Wildman–Crippen LogP) is 4.33. The van der Waals surface area contributed by atoms with Gasteiger partial charge in [0, 0.05) is 17.1 Å². The second kappa shape index (κ2) is 7.17. The summed E-state index contributed by atoms with van der Waals surface area (Å²) in [6, 6.07) is 8.43. The smallest absolute Gasteiger partial charge is 0.159 e. The van der Waals surface area contributed by atoms with Crippen molar-refractivity contribution in [1.82, 2.24) is 9.97 Å². The number of nitrogen functional groups attached to an aromatic ring is 1. The number of rotatable bonds is 4. The molecule has 2 heterocycles. The van der Waals surface area contributed by atoms with Crippen molar-refractivity contribution in [2.75, 3.05) is 22.5 Å². The first-order valence-electron chi connectivity index (χ1n) is 8.09. The highest BCUT2D eigenvalue weighted by Gasteiger charge is 2.25. The van der Waals surface area contributed by atoms with Crippen LogP contribution in [0, 0.1) is 0 Å². The summed E-state index contributed by atoms with van der Waals surface area (Å²) in [5.74, 6) is 1.50. The molecule has 0 radical (unpaired) electrons. The zero-order valence-corrected chi connectivity index (χ0v) is 14.9. The molecule has 1 fully saturated rings. The van der Waals surface area contributed by atoms with E-state index < -0.39 is 0 Å². The van der Waals surface area contributed by atoms with E-state index in [1.54, 1.807) is 6.33 Å². The summed E-state index contributed by atoms with van der Waals surface area (Å²) in [5, 5.41) is 3.30. The standard InChI is InChI=1S/C17H22BrN5/c1-2-12-7-5-6-10-23(12)17-15(19)16(20-11-21-17)22-14-9-4-3-8-13(14)18/h3-4,8-9,11-12H,2,5-7,10,19H2,1H3,(H,20,21,22).